The van der Waals surface area contributed by atoms with Crippen LogP contribution in [0.5, 0.6) is 0 Å². The maximum atomic E-state index is 4.45. The van der Waals surface area contributed by atoms with Gasteiger partial charge in [0, 0.05) is 19.0 Å². The second kappa shape index (κ2) is 6.22. The summed E-state index contributed by atoms with van der Waals surface area (Å²) >= 11 is 0. The van der Waals surface area contributed by atoms with Crippen LogP contribution in [-0.4, -0.2) is 27.4 Å². The number of benzene rings is 1. The second-order valence-electron chi connectivity index (χ2n) is 5.78. The van der Waals surface area contributed by atoms with Crippen LogP contribution in [0.2, 0.25) is 0 Å². The molecule has 0 spiro atoms. The highest BCUT2D eigenvalue weighted by Crippen LogP contribution is 2.13. The molecule has 1 N–H and O–H groups in total. The summed E-state index contributed by atoms with van der Waals surface area (Å²) in [5, 5.41) is 8.08. The summed E-state index contributed by atoms with van der Waals surface area (Å²) in [6.07, 6.45) is 4.39. The maximum Gasteiger partial charge on any atom is 0.147 e. The smallest absolute Gasteiger partial charge is 0.147 e. The number of fused-ring (bicyclic) bond motifs is 1. The lowest BCUT2D eigenvalue weighted by atomic mass is 10.1. The predicted octanol–water partition coefficient (Wildman–Crippen LogP) is 2.59. The average molecular weight is 282 g/mol. The van der Waals surface area contributed by atoms with E-state index in [0.29, 0.717) is 6.04 Å². The molecule has 1 atom stereocenters. The normalized spacial score (nSPS) is 18.6. The second-order valence-corrected chi connectivity index (χ2v) is 5.78. The molecule has 0 amide bonds. The fourth-order valence-corrected chi connectivity index (χ4v) is 2.79. The van der Waals surface area contributed by atoms with Gasteiger partial charge in [0.25, 0.3) is 0 Å². The molecular formula is C17H22N4. The highest BCUT2D eigenvalue weighted by Gasteiger charge is 2.20. The Morgan fingerprint density at radius 2 is 2.19 bits per heavy atom. The maximum absolute atomic E-state index is 4.45. The van der Waals surface area contributed by atoms with Gasteiger partial charge >= 0.3 is 0 Å². The van der Waals surface area contributed by atoms with Gasteiger partial charge in [0.05, 0.1) is 6.54 Å². The molecule has 0 saturated heterocycles. The molecule has 0 bridgehead atoms. The van der Waals surface area contributed by atoms with Crippen LogP contribution in [0.3, 0.4) is 0 Å². The Balaban J connectivity index is 1.55. The van der Waals surface area contributed by atoms with E-state index < -0.39 is 0 Å². The molecule has 0 aliphatic carbocycles. The zero-order valence-corrected chi connectivity index (χ0v) is 12.7. The summed E-state index contributed by atoms with van der Waals surface area (Å²) in [6.45, 7) is 5.98. The van der Waals surface area contributed by atoms with E-state index in [1.54, 1.807) is 0 Å². The van der Waals surface area contributed by atoms with E-state index in [4.69, 9.17) is 0 Å². The summed E-state index contributed by atoms with van der Waals surface area (Å²) in [7, 11) is 0. The number of rotatable bonds is 4. The van der Waals surface area contributed by atoms with Crippen molar-refractivity contribution in [2.24, 2.45) is 0 Å². The molecule has 21 heavy (non-hydrogen) atoms. The lowest BCUT2D eigenvalue weighted by molar-refractivity contribution is 0.367. The van der Waals surface area contributed by atoms with Gasteiger partial charge in [0.1, 0.15) is 11.6 Å². The minimum absolute atomic E-state index is 0.484. The molecule has 0 saturated carbocycles. The van der Waals surface area contributed by atoms with Crippen molar-refractivity contribution >= 4 is 6.08 Å². The lowest BCUT2D eigenvalue weighted by Crippen LogP contribution is -2.38. The van der Waals surface area contributed by atoms with Crippen LogP contribution in [0.1, 0.15) is 30.6 Å². The van der Waals surface area contributed by atoms with Crippen LogP contribution in [0.4, 0.5) is 0 Å². The number of aromatic nitrogens is 3. The molecule has 0 fully saturated rings. The van der Waals surface area contributed by atoms with Crippen molar-refractivity contribution in [1.82, 2.24) is 20.1 Å². The Morgan fingerprint density at radius 3 is 3.00 bits per heavy atom. The van der Waals surface area contributed by atoms with Gasteiger partial charge in [-0.25, -0.2) is 9.67 Å². The van der Waals surface area contributed by atoms with Crippen LogP contribution < -0.4 is 5.32 Å². The highest BCUT2D eigenvalue weighted by molar-refractivity contribution is 5.52. The Bertz CT molecular complexity index is 627. The van der Waals surface area contributed by atoms with Gasteiger partial charge < -0.3 is 5.32 Å². The van der Waals surface area contributed by atoms with E-state index in [1.165, 1.54) is 11.1 Å². The van der Waals surface area contributed by atoms with Crippen molar-refractivity contribution in [3.63, 3.8) is 0 Å². The molecule has 1 aliphatic rings. The van der Waals surface area contributed by atoms with Crippen molar-refractivity contribution in [3.8, 4) is 0 Å². The Morgan fingerprint density at radius 1 is 1.38 bits per heavy atom. The van der Waals surface area contributed by atoms with Gasteiger partial charge in [-0.2, -0.15) is 5.10 Å². The number of aryl methyl sites for hydroxylation is 2. The van der Waals surface area contributed by atoms with Gasteiger partial charge in [-0.05, 0) is 25.8 Å². The average Bonchev–Trinajstić information content (AvgIpc) is 2.85. The van der Waals surface area contributed by atoms with Crippen LogP contribution in [-0.2, 0) is 13.0 Å². The number of hydrogen-bond donors (Lipinski definition) is 1. The standard InChI is InChI=1S/C17H22N4/c1-13(10-15-6-4-3-5-7-15)11-18-16-8-9-17-19-14(2)20-21(17)12-16/h3-7,10,16,18H,8-9,11-12H2,1-2H3/b13-10-/t16-/m1/s1. The summed E-state index contributed by atoms with van der Waals surface area (Å²) in [5.41, 5.74) is 2.61. The van der Waals surface area contributed by atoms with Gasteiger partial charge in [-0.1, -0.05) is 42.0 Å². The molecule has 110 valence electrons. The molecule has 1 aromatic carbocycles. The number of nitrogens with zero attached hydrogens (tertiary/aromatic N) is 3. The summed E-state index contributed by atoms with van der Waals surface area (Å²) in [6, 6.07) is 10.9. The molecule has 4 heteroatoms. The number of nitrogens with one attached hydrogen (secondary N) is 1. The van der Waals surface area contributed by atoms with E-state index in [2.05, 4.69) is 52.7 Å². The predicted molar refractivity (Wildman–Crippen MR) is 85.0 cm³/mol. The summed E-state index contributed by atoms with van der Waals surface area (Å²) in [5.74, 6) is 2.01. The molecule has 2 heterocycles. The van der Waals surface area contributed by atoms with Crippen molar-refractivity contribution in [1.29, 1.82) is 0 Å². The zero-order valence-electron chi connectivity index (χ0n) is 12.7. The molecular weight excluding hydrogens is 260 g/mol. The van der Waals surface area contributed by atoms with E-state index >= 15 is 0 Å². The first kappa shape index (κ1) is 14.0. The lowest BCUT2D eigenvalue weighted by Gasteiger charge is -2.23. The quantitative estimate of drug-likeness (QED) is 0.937. The van der Waals surface area contributed by atoms with Crippen molar-refractivity contribution in [3.05, 3.63) is 53.1 Å². The molecule has 3 rings (SSSR count). The van der Waals surface area contributed by atoms with Crippen LogP contribution in [0.15, 0.2) is 35.9 Å². The van der Waals surface area contributed by atoms with Gasteiger partial charge in [0.2, 0.25) is 0 Å². The largest absolute Gasteiger partial charge is 0.308 e. The zero-order chi connectivity index (χ0) is 14.7. The Labute approximate surface area is 125 Å². The summed E-state index contributed by atoms with van der Waals surface area (Å²) < 4.78 is 2.05. The SMILES string of the molecule is C/C(=C/c1ccccc1)CN[C@@H]1CCc2nc(C)nn2C1. The number of hydrogen-bond acceptors (Lipinski definition) is 3. The first-order valence-corrected chi connectivity index (χ1v) is 7.56. The monoisotopic (exact) mass is 282 g/mol. The highest BCUT2D eigenvalue weighted by atomic mass is 15.4. The van der Waals surface area contributed by atoms with Crippen molar-refractivity contribution in [2.45, 2.75) is 39.3 Å². The van der Waals surface area contributed by atoms with Gasteiger partial charge in [-0.3, -0.25) is 0 Å². The molecule has 1 aliphatic heterocycles. The minimum atomic E-state index is 0.484. The molecule has 0 radical (unpaired) electrons. The van der Waals surface area contributed by atoms with Crippen LogP contribution >= 0.6 is 0 Å². The minimum Gasteiger partial charge on any atom is -0.308 e. The van der Waals surface area contributed by atoms with E-state index in [-0.39, 0.29) is 0 Å². The van der Waals surface area contributed by atoms with Crippen molar-refractivity contribution in [2.75, 3.05) is 6.54 Å². The first-order chi connectivity index (χ1) is 10.2. The fraction of sp³-hybridized carbons (Fsp3) is 0.412. The van der Waals surface area contributed by atoms with Crippen LogP contribution in [0.25, 0.3) is 6.08 Å². The third kappa shape index (κ3) is 3.58. The van der Waals surface area contributed by atoms with Gasteiger partial charge in [-0.15, -0.1) is 0 Å². The van der Waals surface area contributed by atoms with E-state index in [9.17, 15) is 0 Å². The first-order valence-electron chi connectivity index (χ1n) is 7.56. The Hall–Kier alpha value is -1.94. The fourth-order valence-electron chi connectivity index (χ4n) is 2.79. The van der Waals surface area contributed by atoms with Crippen LogP contribution in [0, 0.1) is 6.92 Å². The third-order valence-corrected chi connectivity index (χ3v) is 3.85. The van der Waals surface area contributed by atoms with E-state index in [1.807, 2.05) is 17.7 Å². The van der Waals surface area contributed by atoms with Gasteiger partial charge in [0.15, 0.2) is 0 Å². The molecule has 1 aromatic heterocycles. The van der Waals surface area contributed by atoms with E-state index in [0.717, 1.165) is 37.6 Å². The molecule has 4 nitrogen and oxygen atoms in total. The van der Waals surface area contributed by atoms with Crippen molar-refractivity contribution < 1.29 is 0 Å². The molecule has 0 unspecified atom stereocenters. The summed E-state index contributed by atoms with van der Waals surface area (Å²) in [4.78, 5) is 4.45. The third-order valence-electron chi connectivity index (χ3n) is 3.85. The Kier molecular flexibility index (Phi) is 4.15. The molecule has 2 aromatic rings. The topological polar surface area (TPSA) is 42.7 Å².